The van der Waals surface area contributed by atoms with Crippen molar-refractivity contribution in [2.24, 2.45) is 11.8 Å². The van der Waals surface area contributed by atoms with Gasteiger partial charge < -0.3 is 14.4 Å². The van der Waals surface area contributed by atoms with Crippen molar-refractivity contribution >= 4 is 69.9 Å². The van der Waals surface area contributed by atoms with Crippen LogP contribution in [0.2, 0.25) is 4.34 Å². The van der Waals surface area contributed by atoms with E-state index in [4.69, 9.17) is 21.1 Å². The summed E-state index contributed by atoms with van der Waals surface area (Å²) in [6.07, 6.45) is 5.12. The topological polar surface area (TPSA) is 124 Å². The minimum absolute atomic E-state index is 0.0428. The highest BCUT2D eigenvalue weighted by atomic mass is 35.5. The van der Waals surface area contributed by atoms with Crippen LogP contribution in [0.4, 0.5) is 5.69 Å². The monoisotopic (exact) mass is 711 g/mol. The number of hydrogen-bond donors (Lipinski definition) is 0. The minimum Gasteiger partial charge on any atom is -0.426 e. The Balaban J connectivity index is 1.30. The van der Waals surface area contributed by atoms with Gasteiger partial charge in [-0.25, -0.2) is 4.79 Å². The van der Waals surface area contributed by atoms with Crippen molar-refractivity contribution in [3.63, 3.8) is 0 Å². The van der Waals surface area contributed by atoms with Crippen molar-refractivity contribution in [3.05, 3.63) is 116 Å². The minimum atomic E-state index is -0.691. The maximum absolute atomic E-state index is 13.1. The predicted molar refractivity (Wildman–Crippen MR) is 191 cm³/mol. The van der Waals surface area contributed by atoms with Crippen molar-refractivity contribution in [3.8, 4) is 11.5 Å². The average Bonchev–Trinajstić information content (AvgIpc) is 3.57. The third-order valence-electron chi connectivity index (χ3n) is 8.60. The standard InChI is InChI=1S/C39H34ClNO8S/c1-23(42)25-4-8-29(9-5-25)39(47)49-34-19-17-32(22-30(34)14-18-33(44)35-20-21-36(40)50-35)48-38(46)28-10-6-27(7-11-28)37(45)41(3)31-15-12-26(13-16-31)24(2)43/h6-7,10-22,25,29H,4-5,8-9H2,1-3H3/b18-14+. The Kier molecular flexibility index (Phi) is 11.6. The first-order valence-electron chi connectivity index (χ1n) is 15.9. The molecule has 0 radical (unpaired) electrons. The van der Waals surface area contributed by atoms with Gasteiger partial charge in [0.1, 0.15) is 17.3 Å². The van der Waals surface area contributed by atoms with Gasteiger partial charge in [0.2, 0.25) is 0 Å². The van der Waals surface area contributed by atoms with E-state index in [0.717, 1.165) is 11.3 Å². The zero-order chi connectivity index (χ0) is 35.9. The number of carbonyl (C=O) groups is 6. The summed E-state index contributed by atoms with van der Waals surface area (Å²) in [5, 5.41) is 0. The molecule has 1 aliphatic carbocycles. The van der Waals surface area contributed by atoms with Gasteiger partial charge in [-0.3, -0.25) is 24.0 Å². The smallest absolute Gasteiger partial charge is 0.343 e. The van der Waals surface area contributed by atoms with Crippen LogP contribution in [0, 0.1) is 11.8 Å². The van der Waals surface area contributed by atoms with Crippen LogP contribution >= 0.6 is 22.9 Å². The second-order valence-corrected chi connectivity index (χ2v) is 13.7. The van der Waals surface area contributed by atoms with Crippen molar-refractivity contribution in [2.45, 2.75) is 39.5 Å². The lowest BCUT2D eigenvalue weighted by molar-refractivity contribution is -0.141. The molecule has 1 fully saturated rings. The molecule has 11 heteroatoms. The largest absolute Gasteiger partial charge is 0.426 e. The summed E-state index contributed by atoms with van der Waals surface area (Å²) in [6.45, 7) is 3.04. The number of nitrogens with zero attached hydrogens (tertiary/aromatic N) is 1. The molecule has 0 bridgehead atoms. The molecule has 50 heavy (non-hydrogen) atoms. The first-order chi connectivity index (χ1) is 23.9. The van der Waals surface area contributed by atoms with E-state index < -0.39 is 11.9 Å². The number of carbonyl (C=O) groups excluding carboxylic acids is 6. The van der Waals surface area contributed by atoms with Crippen molar-refractivity contribution < 1.29 is 38.2 Å². The Morgan fingerprint density at radius 2 is 1.38 bits per heavy atom. The highest BCUT2D eigenvalue weighted by molar-refractivity contribution is 7.18. The molecule has 1 aliphatic rings. The van der Waals surface area contributed by atoms with Gasteiger partial charge in [0.05, 0.1) is 20.7 Å². The van der Waals surface area contributed by atoms with E-state index in [9.17, 15) is 28.8 Å². The lowest BCUT2D eigenvalue weighted by Crippen LogP contribution is -2.28. The SMILES string of the molecule is CC(=O)c1ccc(N(C)C(=O)c2ccc(C(=O)Oc3ccc(OC(=O)C4CCC(C(C)=O)CC4)c(/C=C/C(=O)c4ccc(Cl)s4)c3)cc2)cc1. The predicted octanol–water partition coefficient (Wildman–Crippen LogP) is 8.30. The third-order valence-corrected chi connectivity index (χ3v) is 9.85. The summed E-state index contributed by atoms with van der Waals surface area (Å²) >= 11 is 7.12. The molecule has 256 valence electrons. The second kappa shape index (κ2) is 16.0. The van der Waals surface area contributed by atoms with E-state index in [-0.39, 0.29) is 52.2 Å². The quantitative estimate of drug-likeness (QED) is 0.0659. The van der Waals surface area contributed by atoms with E-state index >= 15 is 0 Å². The molecule has 0 saturated heterocycles. The molecule has 9 nitrogen and oxygen atoms in total. The average molecular weight is 712 g/mol. The Bertz CT molecular complexity index is 1970. The molecule has 0 N–H and O–H groups in total. The van der Waals surface area contributed by atoms with Gasteiger partial charge >= 0.3 is 11.9 Å². The maximum atomic E-state index is 13.1. The fraction of sp³-hybridized carbons (Fsp3) is 0.231. The van der Waals surface area contributed by atoms with Gasteiger partial charge in [-0.15, -0.1) is 11.3 Å². The number of halogens is 1. The lowest BCUT2D eigenvalue weighted by atomic mass is 9.80. The van der Waals surface area contributed by atoms with Crippen LogP contribution < -0.4 is 14.4 Å². The number of anilines is 1. The fourth-order valence-corrected chi connectivity index (χ4v) is 6.54. The molecular formula is C39H34ClNO8S. The van der Waals surface area contributed by atoms with Crippen molar-refractivity contribution in [2.75, 3.05) is 11.9 Å². The van der Waals surface area contributed by atoms with Crippen molar-refractivity contribution in [1.29, 1.82) is 0 Å². The van der Waals surface area contributed by atoms with Crippen LogP contribution in [0.3, 0.4) is 0 Å². The van der Waals surface area contributed by atoms with E-state index in [1.165, 1.54) is 66.4 Å². The van der Waals surface area contributed by atoms with Crippen LogP contribution in [-0.4, -0.2) is 42.2 Å². The molecular weight excluding hydrogens is 678 g/mol. The number of hydrogen-bond acceptors (Lipinski definition) is 9. The van der Waals surface area contributed by atoms with Crippen LogP contribution in [-0.2, 0) is 9.59 Å². The lowest BCUT2D eigenvalue weighted by Gasteiger charge is -2.25. The third kappa shape index (κ3) is 8.88. The number of Topliss-reactive ketones (excluding diaryl/α,β-unsaturated/α-hetero) is 2. The Morgan fingerprint density at radius 3 is 1.98 bits per heavy atom. The van der Waals surface area contributed by atoms with Gasteiger partial charge in [-0.2, -0.15) is 0 Å². The number of rotatable bonds is 11. The number of esters is 2. The van der Waals surface area contributed by atoms with E-state index in [1.807, 2.05) is 0 Å². The summed E-state index contributed by atoms with van der Waals surface area (Å²) < 4.78 is 11.9. The number of ether oxygens (including phenoxy) is 2. The summed E-state index contributed by atoms with van der Waals surface area (Å²) in [7, 11) is 1.61. The molecule has 5 rings (SSSR count). The zero-order valence-electron chi connectivity index (χ0n) is 27.6. The van der Waals surface area contributed by atoms with Gasteiger partial charge in [0.25, 0.3) is 5.91 Å². The second-order valence-electron chi connectivity index (χ2n) is 12.0. The van der Waals surface area contributed by atoms with E-state index in [2.05, 4.69) is 0 Å². The van der Waals surface area contributed by atoms with E-state index in [1.54, 1.807) is 50.4 Å². The summed E-state index contributed by atoms with van der Waals surface area (Å²) in [6, 6.07) is 20.4. The zero-order valence-corrected chi connectivity index (χ0v) is 29.2. The molecule has 1 amide bonds. The Morgan fingerprint density at radius 1 is 0.760 bits per heavy atom. The molecule has 3 aromatic carbocycles. The summed E-state index contributed by atoms with van der Waals surface area (Å²) in [4.78, 5) is 77.3. The van der Waals surface area contributed by atoms with Crippen molar-refractivity contribution in [1.82, 2.24) is 0 Å². The molecule has 0 aliphatic heterocycles. The van der Waals surface area contributed by atoms with Crippen LogP contribution in [0.15, 0.2) is 84.9 Å². The fourth-order valence-electron chi connectivity index (χ4n) is 5.58. The maximum Gasteiger partial charge on any atom is 0.343 e. The summed E-state index contributed by atoms with van der Waals surface area (Å²) in [5.74, 6) is -1.79. The van der Waals surface area contributed by atoms with Gasteiger partial charge in [0, 0.05) is 35.3 Å². The van der Waals surface area contributed by atoms with Crippen LogP contribution in [0.5, 0.6) is 11.5 Å². The highest BCUT2D eigenvalue weighted by Gasteiger charge is 2.30. The van der Waals surface area contributed by atoms with Gasteiger partial charge in [-0.05, 0) is 131 Å². The molecule has 1 saturated carbocycles. The first kappa shape index (κ1) is 36.1. The molecule has 1 heterocycles. The number of ketones is 3. The van der Waals surface area contributed by atoms with Crippen LogP contribution in [0.25, 0.3) is 6.08 Å². The molecule has 0 spiro atoms. The number of allylic oxidation sites excluding steroid dienone is 1. The van der Waals surface area contributed by atoms with Crippen LogP contribution in [0.1, 0.15) is 85.8 Å². The highest BCUT2D eigenvalue weighted by Crippen LogP contribution is 2.33. The first-order valence-corrected chi connectivity index (χ1v) is 17.1. The van der Waals surface area contributed by atoms with Gasteiger partial charge in [-0.1, -0.05) is 11.6 Å². The number of thiophene rings is 1. The molecule has 1 aromatic heterocycles. The molecule has 0 atom stereocenters. The van der Waals surface area contributed by atoms with Gasteiger partial charge in [0.15, 0.2) is 11.6 Å². The Labute approximate surface area is 298 Å². The number of benzene rings is 3. The Hall–Kier alpha value is -5.19. The number of amides is 1. The molecule has 4 aromatic rings. The summed E-state index contributed by atoms with van der Waals surface area (Å²) in [5.41, 5.74) is 2.00. The normalized spacial score (nSPS) is 15.7. The molecule has 0 unspecified atom stereocenters. The van der Waals surface area contributed by atoms with E-state index in [0.29, 0.717) is 57.3 Å².